The Morgan fingerprint density at radius 3 is 2.20 bits per heavy atom. The van der Waals surface area contributed by atoms with Crippen molar-refractivity contribution in [1.82, 2.24) is 5.32 Å². The van der Waals surface area contributed by atoms with Gasteiger partial charge in [-0.2, -0.15) is 0 Å². The van der Waals surface area contributed by atoms with Gasteiger partial charge >= 0.3 is 5.97 Å². The van der Waals surface area contributed by atoms with Gasteiger partial charge in [-0.25, -0.2) is 4.79 Å². The number of carbonyl (C=O) groups is 2. The van der Waals surface area contributed by atoms with Crippen LogP contribution in [-0.2, 0) is 0 Å². The molecule has 0 bridgehead atoms. The molecule has 20 heavy (non-hydrogen) atoms. The number of carboxylic acids is 1. The zero-order valence-electron chi connectivity index (χ0n) is 11.9. The minimum absolute atomic E-state index is 0.117. The van der Waals surface area contributed by atoms with Crippen molar-refractivity contribution in [2.45, 2.75) is 39.2 Å². The highest BCUT2D eigenvalue weighted by Gasteiger charge is 2.25. The van der Waals surface area contributed by atoms with Gasteiger partial charge in [-0.1, -0.05) is 13.8 Å². The highest BCUT2D eigenvalue weighted by molar-refractivity contribution is 5.96. The summed E-state index contributed by atoms with van der Waals surface area (Å²) in [5.74, 6) is 0.252. The third-order valence-corrected chi connectivity index (χ3v) is 4.33. The molecule has 0 saturated heterocycles. The molecule has 4 heteroatoms. The van der Waals surface area contributed by atoms with Crippen molar-refractivity contribution in [3.05, 3.63) is 35.4 Å². The third-order valence-electron chi connectivity index (χ3n) is 4.33. The second-order valence-corrected chi connectivity index (χ2v) is 5.82. The van der Waals surface area contributed by atoms with Gasteiger partial charge in [0.15, 0.2) is 0 Å². The molecule has 4 nitrogen and oxygen atoms in total. The summed E-state index contributed by atoms with van der Waals surface area (Å²) in [5.41, 5.74) is 0.711. The van der Waals surface area contributed by atoms with Gasteiger partial charge in [-0.05, 0) is 55.4 Å². The Bertz CT molecular complexity index is 495. The van der Waals surface area contributed by atoms with E-state index in [0.717, 1.165) is 25.2 Å². The van der Waals surface area contributed by atoms with Gasteiger partial charge in [0, 0.05) is 11.6 Å². The van der Waals surface area contributed by atoms with Gasteiger partial charge < -0.3 is 10.4 Å². The maximum Gasteiger partial charge on any atom is 0.335 e. The molecule has 0 aromatic heterocycles. The maximum atomic E-state index is 12.1. The lowest BCUT2D eigenvalue weighted by Crippen LogP contribution is -2.39. The summed E-state index contributed by atoms with van der Waals surface area (Å²) in [5, 5.41) is 11.9. The van der Waals surface area contributed by atoms with Crippen LogP contribution in [0.5, 0.6) is 0 Å². The van der Waals surface area contributed by atoms with E-state index in [4.69, 9.17) is 5.11 Å². The Balaban J connectivity index is 1.96. The van der Waals surface area contributed by atoms with Crippen molar-refractivity contribution in [3.8, 4) is 0 Å². The Morgan fingerprint density at radius 2 is 1.65 bits per heavy atom. The maximum absolute atomic E-state index is 12.1. The van der Waals surface area contributed by atoms with Crippen LogP contribution in [0.25, 0.3) is 0 Å². The molecule has 3 atom stereocenters. The predicted molar refractivity (Wildman–Crippen MR) is 76.8 cm³/mol. The molecule has 1 aliphatic carbocycles. The van der Waals surface area contributed by atoms with E-state index in [1.54, 1.807) is 12.1 Å². The molecule has 1 aromatic rings. The SMILES string of the molecule is CC1CCC(NC(=O)c2ccc(C(=O)O)cc2)CC1C. The van der Waals surface area contributed by atoms with Crippen molar-refractivity contribution < 1.29 is 14.7 Å². The number of nitrogens with one attached hydrogen (secondary N) is 1. The highest BCUT2D eigenvalue weighted by Crippen LogP contribution is 2.29. The Morgan fingerprint density at radius 1 is 1.05 bits per heavy atom. The summed E-state index contributed by atoms with van der Waals surface area (Å²) in [7, 11) is 0. The number of rotatable bonds is 3. The first-order chi connectivity index (χ1) is 9.47. The molecular formula is C16H21NO3. The molecule has 2 N–H and O–H groups in total. The number of hydrogen-bond donors (Lipinski definition) is 2. The molecule has 1 amide bonds. The number of hydrogen-bond acceptors (Lipinski definition) is 2. The Labute approximate surface area is 119 Å². The first-order valence-electron chi connectivity index (χ1n) is 7.11. The lowest BCUT2D eigenvalue weighted by atomic mass is 9.79. The van der Waals surface area contributed by atoms with Crippen LogP contribution < -0.4 is 5.32 Å². The normalized spacial score (nSPS) is 26.0. The molecule has 1 saturated carbocycles. The van der Waals surface area contributed by atoms with Crippen molar-refractivity contribution >= 4 is 11.9 Å². The largest absolute Gasteiger partial charge is 0.478 e. The van der Waals surface area contributed by atoms with E-state index in [1.165, 1.54) is 12.1 Å². The molecule has 3 unspecified atom stereocenters. The van der Waals surface area contributed by atoms with Gasteiger partial charge in [0.25, 0.3) is 5.91 Å². The third kappa shape index (κ3) is 3.38. The lowest BCUT2D eigenvalue weighted by molar-refractivity contribution is 0.0696. The molecule has 1 aromatic carbocycles. The molecule has 0 spiro atoms. The number of carbonyl (C=O) groups excluding carboxylic acids is 1. The topological polar surface area (TPSA) is 66.4 Å². The standard InChI is InChI=1S/C16H21NO3/c1-10-3-8-14(9-11(10)2)17-15(18)12-4-6-13(7-5-12)16(19)20/h4-7,10-11,14H,3,8-9H2,1-2H3,(H,17,18)(H,19,20). The molecule has 0 heterocycles. The van der Waals surface area contributed by atoms with Crippen molar-refractivity contribution in [2.75, 3.05) is 0 Å². The smallest absolute Gasteiger partial charge is 0.335 e. The van der Waals surface area contributed by atoms with Crippen molar-refractivity contribution in [2.24, 2.45) is 11.8 Å². The van der Waals surface area contributed by atoms with Gasteiger partial charge in [0.2, 0.25) is 0 Å². The average molecular weight is 275 g/mol. The van der Waals surface area contributed by atoms with Crippen molar-refractivity contribution in [3.63, 3.8) is 0 Å². The van der Waals surface area contributed by atoms with E-state index >= 15 is 0 Å². The van der Waals surface area contributed by atoms with Crippen LogP contribution in [0.2, 0.25) is 0 Å². The van der Waals surface area contributed by atoms with E-state index in [2.05, 4.69) is 19.2 Å². The van der Waals surface area contributed by atoms with Crippen LogP contribution in [0.4, 0.5) is 0 Å². The second kappa shape index (κ2) is 6.07. The van der Waals surface area contributed by atoms with E-state index in [0.29, 0.717) is 11.5 Å². The highest BCUT2D eigenvalue weighted by atomic mass is 16.4. The minimum Gasteiger partial charge on any atom is -0.478 e. The van der Waals surface area contributed by atoms with Crippen LogP contribution in [0.3, 0.4) is 0 Å². The van der Waals surface area contributed by atoms with Gasteiger partial charge in [-0.3, -0.25) is 4.79 Å². The average Bonchev–Trinajstić information content (AvgIpc) is 2.43. The van der Waals surface area contributed by atoms with Crippen LogP contribution in [0.15, 0.2) is 24.3 Å². The van der Waals surface area contributed by atoms with E-state index in [1.807, 2.05) is 0 Å². The summed E-state index contributed by atoms with van der Waals surface area (Å²) in [6.45, 7) is 4.48. The molecule has 0 aliphatic heterocycles. The minimum atomic E-state index is -0.980. The Kier molecular flexibility index (Phi) is 4.42. The first kappa shape index (κ1) is 14.6. The van der Waals surface area contributed by atoms with Gasteiger partial charge in [-0.15, -0.1) is 0 Å². The molecule has 1 aliphatic rings. The molecule has 108 valence electrons. The fraction of sp³-hybridized carbons (Fsp3) is 0.500. The number of benzene rings is 1. The summed E-state index contributed by atoms with van der Waals surface area (Å²) in [6.07, 6.45) is 3.18. The lowest BCUT2D eigenvalue weighted by Gasteiger charge is -2.32. The van der Waals surface area contributed by atoms with Gasteiger partial charge in [0.05, 0.1) is 5.56 Å². The molecule has 1 fully saturated rings. The first-order valence-corrected chi connectivity index (χ1v) is 7.11. The molecular weight excluding hydrogens is 254 g/mol. The molecule has 0 radical (unpaired) electrons. The van der Waals surface area contributed by atoms with E-state index < -0.39 is 5.97 Å². The summed E-state index contributed by atoms with van der Waals surface area (Å²) >= 11 is 0. The van der Waals surface area contributed by atoms with Crippen LogP contribution in [0.1, 0.15) is 53.8 Å². The van der Waals surface area contributed by atoms with Crippen molar-refractivity contribution in [1.29, 1.82) is 0 Å². The van der Waals surface area contributed by atoms with Gasteiger partial charge in [0.1, 0.15) is 0 Å². The zero-order chi connectivity index (χ0) is 14.7. The second-order valence-electron chi connectivity index (χ2n) is 5.82. The zero-order valence-corrected chi connectivity index (χ0v) is 11.9. The van der Waals surface area contributed by atoms with E-state index in [9.17, 15) is 9.59 Å². The molecule has 2 rings (SSSR count). The summed E-state index contributed by atoms with van der Waals surface area (Å²) < 4.78 is 0. The number of aromatic carboxylic acids is 1. The van der Waals surface area contributed by atoms with Crippen LogP contribution in [-0.4, -0.2) is 23.0 Å². The fourth-order valence-corrected chi connectivity index (χ4v) is 2.71. The predicted octanol–water partition coefficient (Wildman–Crippen LogP) is 2.94. The monoisotopic (exact) mass is 275 g/mol. The number of carboxylic acid groups (broad SMARTS) is 1. The fourth-order valence-electron chi connectivity index (χ4n) is 2.71. The van der Waals surface area contributed by atoms with Crippen LogP contribution in [0, 0.1) is 11.8 Å². The van der Waals surface area contributed by atoms with Crippen LogP contribution >= 0.6 is 0 Å². The van der Waals surface area contributed by atoms with E-state index in [-0.39, 0.29) is 17.5 Å². The summed E-state index contributed by atoms with van der Waals surface area (Å²) in [6, 6.07) is 6.28. The Hall–Kier alpha value is -1.84. The number of amides is 1. The quantitative estimate of drug-likeness (QED) is 0.891. The summed E-state index contributed by atoms with van der Waals surface area (Å²) in [4.78, 5) is 22.9.